The minimum absolute atomic E-state index is 0.424. The highest BCUT2D eigenvalue weighted by Gasteiger charge is 2.28. The molecular formula is C11H13F2NO4S. The molecule has 0 atom stereocenters. The van der Waals surface area contributed by atoms with Crippen molar-refractivity contribution in [2.75, 3.05) is 0 Å². The first kappa shape index (κ1) is 15.5. The SMILES string of the molecule is CC(C)(C)NS(=O)(=O)c1cc(F)cc(C(=O)O)c1F. The van der Waals surface area contributed by atoms with Crippen LogP contribution in [0.2, 0.25) is 0 Å². The molecule has 1 rings (SSSR count). The fourth-order valence-corrected chi connectivity index (χ4v) is 2.90. The molecule has 0 radical (unpaired) electrons. The quantitative estimate of drug-likeness (QED) is 0.889. The molecule has 8 heteroatoms. The molecule has 0 amide bonds. The van der Waals surface area contributed by atoms with E-state index in [0.717, 1.165) is 0 Å². The van der Waals surface area contributed by atoms with Crippen molar-refractivity contribution >= 4 is 16.0 Å². The normalized spacial score (nSPS) is 12.5. The molecule has 0 fully saturated rings. The smallest absolute Gasteiger partial charge is 0.338 e. The van der Waals surface area contributed by atoms with Gasteiger partial charge in [0.1, 0.15) is 10.7 Å². The summed E-state index contributed by atoms with van der Waals surface area (Å²) in [5.74, 6) is -4.39. The van der Waals surface area contributed by atoms with Crippen LogP contribution in [-0.2, 0) is 10.0 Å². The maximum Gasteiger partial charge on any atom is 0.338 e. The summed E-state index contributed by atoms with van der Waals surface area (Å²) in [4.78, 5) is 9.69. The predicted octanol–water partition coefficient (Wildman–Crippen LogP) is 1.74. The average molecular weight is 293 g/mol. The van der Waals surface area contributed by atoms with E-state index < -0.39 is 43.6 Å². The highest BCUT2D eigenvalue weighted by molar-refractivity contribution is 7.89. The largest absolute Gasteiger partial charge is 0.478 e. The Bertz CT molecular complexity index is 620. The molecule has 1 aromatic rings. The van der Waals surface area contributed by atoms with Gasteiger partial charge in [0, 0.05) is 5.54 Å². The third kappa shape index (κ3) is 3.71. The van der Waals surface area contributed by atoms with Gasteiger partial charge in [0.2, 0.25) is 10.0 Å². The van der Waals surface area contributed by atoms with Crippen LogP contribution in [0.5, 0.6) is 0 Å². The summed E-state index contributed by atoms with van der Waals surface area (Å²) >= 11 is 0. The average Bonchev–Trinajstić information content (AvgIpc) is 2.16. The zero-order valence-electron chi connectivity index (χ0n) is 10.5. The number of hydrogen-bond donors (Lipinski definition) is 2. The monoisotopic (exact) mass is 293 g/mol. The number of aromatic carboxylic acids is 1. The standard InChI is InChI=1S/C11H13F2NO4S/c1-11(2,3)14-19(17,18)8-5-6(12)4-7(9(8)13)10(15)16/h4-5,14H,1-3H3,(H,15,16). The molecule has 0 aliphatic rings. The lowest BCUT2D eigenvalue weighted by molar-refractivity contribution is 0.0690. The second-order valence-corrected chi connectivity index (χ2v) is 6.58. The van der Waals surface area contributed by atoms with Crippen LogP contribution in [0.25, 0.3) is 0 Å². The molecule has 0 heterocycles. The van der Waals surface area contributed by atoms with Crippen LogP contribution in [0.3, 0.4) is 0 Å². The number of carboxylic acid groups (broad SMARTS) is 1. The molecule has 0 aromatic heterocycles. The maximum absolute atomic E-state index is 13.8. The van der Waals surface area contributed by atoms with Gasteiger partial charge in [-0.1, -0.05) is 0 Å². The van der Waals surface area contributed by atoms with Crippen LogP contribution in [0, 0.1) is 11.6 Å². The molecule has 0 spiro atoms. The van der Waals surface area contributed by atoms with Gasteiger partial charge in [0.25, 0.3) is 0 Å². The lowest BCUT2D eigenvalue weighted by Crippen LogP contribution is -2.41. The van der Waals surface area contributed by atoms with Gasteiger partial charge in [0.15, 0.2) is 5.82 Å². The highest BCUT2D eigenvalue weighted by atomic mass is 32.2. The first-order valence-corrected chi connectivity index (χ1v) is 6.69. The van der Waals surface area contributed by atoms with Crippen LogP contribution in [-0.4, -0.2) is 25.0 Å². The number of rotatable bonds is 3. The van der Waals surface area contributed by atoms with Gasteiger partial charge in [-0.25, -0.2) is 26.7 Å². The molecule has 1 aromatic carbocycles. The molecule has 0 saturated heterocycles. The lowest BCUT2D eigenvalue weighted by atomic mass is 10.1. The van der Waals surface area contributed by atoms with Crippen LogP contribution in [0.15, 0.2) is 17.0 Å². The number of sulfonamides is 1. The predicted molar refractivity (Wildman–Crippen MR) is 63.4 cm³/mol. The van der Waals surface area contributed by atoms with Gasteiger partial charge in [-0.15, -0.1) is 0 Å². The summed E-state index contributed by atoms with van der Waals surface area (Å²) in [7, 11) is -4.36. The van der Waals surface area contributed by atoms with Crippen molar-refractivity contribution < 1.29 is 27.1 Å². The van der Waals surface area contributed by atoms with Crippen molar-refractivity contribution in [1.29, 1.82) is 0 Å². The van der Waals surface area contributed by atoms with Gasteiger partial charge in [-0.05, 0) is 32.9 Å². The van der Waals surface area contributed by atoms with E-state index in [9.17, 15) is 22.0 Å². The van der Waals surface area contributed by atoms with Crippen molar-refractivity contribution in [2.45, 2.75) is 31.2 Å². The summed E-state index contributed by atoms with van der Waals surface area (Å²) in [6.45, 7) is 4.54. The first-order chi connectivity index (χ1) is 8.44. The van der Waals surface area contributed by atoms with Crippen LogP contribution in [0.1, 0.15) is 31.1 Å². The molecule has 0 aliphatic carbocycles. The summed E-state index contributed by atoms with van der Waals surface area (Å²) in [6, 6.07) is 0.865. The zero-order chi connectivity index (χ0) is 15.0. The van der Waals surface area contributed by atoms with E-state index in [4.69, 9.17) is 5.11 Å². The Labute approximate surface area is 109 Å². The van der Waals surface area contributed by atoms with Gasteiger partial charge in [-0.2, -0.15) is 0 Å². The maximum atomic E-state index is 13.8. The van der Waals surface area contributed by atoms with E-state index >= 15 is 0 Å². The van der Waals surface area contributed by atoms with Crippen molar-refractivity contribution in [3.05, 3.63) is 29.3 Å². The Kier molecular flexibility index (Phi) is 3.97. The summed E-state index contributed by atoms with van der Waals surface area (Å²) in [5, 5.41) is 8.69. The van der Waals surface area contributed by atoms with E-state index in [-0.39, 0.29) is 0 Å². The molecule has 0 saturated carbocycles. The minimum atomic E-state index is -4.36. The van der Waals surface area contributed by atoms with Gasteiger partial charge >= 0.3 is 5.97 Å². The second-order valence-electron chi connectivity index (χ2n) is 4.93. The van der Waals surface area contributed by atoms with E-state index in [2.05, 4.69) is 4.72 Å². The highest BCUT2D eigenvalue weighted by Crippen LogP contribution is 2.21. The van der Waals surface area contributed by atoms with Crippen molar-refractivity contribution in [3.63, 3.8) is 0 Å². The minimum Gasteiger partial charge on any atom is -0.478 e. The Hall–Kier alpha value is -1.54. The fraction of sp³-hybridized carbons (Fsp3) is 0.364. The number of nitrogens with one attached hydrogen (secondary N) is 1. The second kappa shape index (κ2) is 4.86. The molecule has 2 N–H and O–H groups in total. The fourth-order valence-electron chi connectivity index (χ4n) is 1.37. The summed E-state index contributed by atoms with van der Waals surface area (Å²) < 4.78 is 52.9. The molecule has 0 aliphatic heterocycles. The van der Waals surface area contributed by atoms with Gasteiger partial charge in [-0.3, -0.25) is 0 Å². The Morgan fingerprint density at radius 3 is 2.21 bits per heavy atom. The van der Waals surface area contributed by atoms with Gasteiger partial charge in [0.05, 0.1) is 5.56 Å². The van der Waals surface area contributed by atoms with Gasteiger partial charge < -0.3 is 5.11 Å². The lowest BCUT2D eigenvalue weighted by Gasteiger charge is -2.20. The molecule has 0 bridgehead atoms. The Morgan fingerprint density at radius 2 is 1.79 bits per heavy atom. The zero-order valence-corrected chi connectivity index (χ0v) is 11.3. The molecule has 106 valence electrons. The molecule has 0 unspecified atom stereocenters. The van der Waals surface area contributed by atoms with E-state index in [0.29, 0.717) is 12.1 Å². The van der Waals surface area contributed by atoms with Crippen molar-refractivity contribution in [3.8, 4) is 0 Å². The molecule has 5 nitrogen and oxygen atoms in total. The van der Waals surface area contributed by atoms with Crippen molar-refractivity contribution in [1.82, 2.24) is 4.72 Å². The van der Waals surface area contributed by atoms with E-state index in [1.54, 1.807) is 0 Å². The van der Waals surface area contributed by atoms with Crippen LogP contribution in [0.4, 0.5) is 8.78 Å². The molecule has 19 heavy (non-hydrogen) atoms. The number of hydrogen-bond acceptors (Lipinski definition) is 3. The number of carbonyl (C=O) groups is 1. The first-order valence-electron chi connectivity index (χ1n) is 5.20. The van der Waals surface area contributed by atoms with E-state index in [1.165, 1.54) is 20.8 Å². The Balaban J connectivity index is 3.48. The molecular weight excluding hydrogens is 280 g/mol. The topological polar surface area (TPSA) is 83.5 Å². The third-order valence-electron chi connectivity index (χ3n) is 1.96. The van der Waals surface area contributed by atoms with Crippen LogP contribution >= 0.6 is 0 Å². The van der Waals surface area contributed by atoms with Crippen LogP contribution < -0.4 is 4.72 Å². The number of benzene rings is 1. The summed E-state index contributed by atoms with van der Waals surface area (Å²) in [6.07, 6.45) is 0. The third-order valence-corrected chi connectivity index (χ3v) is 3.72. The van der Waals surface area contributed by atoms with E-state index in [1.807, 2.05) is 0 Å². The number of halogens is 2. The Morgan fingerprint density at radius 1 is 1.26 bits per heavy atom. The summed E-state index contributed by atoms with van der Waals surface area (Å²) in [5.41, 5.74) is -1.95. The van der Waals surface area contributed by atoms with Crippen molar-refractivity contribution in [2.24, 2.45) is 0 Å². The number of carboxylic acids is 1.